The maximum Gasteiger partial charge on any atom is 0.243 e. The van der Waals surface area contributed by atoms with Crippen LogP contribution < -0.4 is 9.62 Å². The number of nitrogens with one attached hydrogen (secondary N) is 1. The summed E-state index contributed by atoms with van der Waals surface area (Å²) in [5, 5.41) is 3.08. The van der Waals surface area contributed by atoms with Crippen LogP contribution in [0, 0.1) is 13.8 Å². The number of carbonyl (C=O) groups is 2. The van der Waals surface area contributed by atoms with Gasteiger partial charge in [-0.1, -0.05) is 77.5 Å². The first-order chi connectivity index (χ1) is 19.9. The van der Waals surface area contributed by atoms with Crippen LogP contribution in [0.1, 0.15) is 55.4 Å². The fraction of sp³-hybridized carbons (Fsp3) is 0.394. The van der Waals surface area contributed by atoms with E-state index in [2.05, 4.69) is 21.2 Å². The van der Waals surface area contributed by atoms with Crippen molar-refractivity contribution in [2.24, 2.45) is 0 Å². The highest BCUT2D eigenvalue weighted by atomic mass is 79.9. The van der Waals surface area contributed by atoms with Crippen LogP contribution in [0.15, 0.2) is 77.3 Å². The number of hydrogen-bond acceptors (Lipinski definition) is 4. The van der Waals surface area contributed by atoms with Crippen LogP contribution >= 0.6 is 15.9 Å². The lowest BCUT2D eigenvalue weighted by atomic mass is 10.0. The Balaban J connectivity index is 1.91. The van der Waals surface area contributed by atoms with Crippen molar-refractivity contribution in [2.75, 3.05) is 17.1 Å². The minimum Gasteiger partial charge on any atom is -0.352 e. The van der Waals surface area contributed by atoms with Gasteiger partial charge < -0.3 is 10.2 Å². The summed E-state index contributed by atoms with van der Waals surface area (Å²) >= 11 is 3.52. The molecule has 0 aromatic heterocycles. The maximum absolute atomic E-state index is 14.0. The number of halogens is 1. The second-order valence-corrected chi connectivity index (χ2v) is 13.7. The Morgan fingerprint density at radius 1 is 0.952 bits per heavy atom. The molecule has 0 fully saturated rings. The zero-order valence-corrected chi connectivity index (χ0v) is 27.5. The number of hydrogen-bond donors (Lipinski definition) is 1. The summed E-state index contributed by atoms with van der Waals surface area (Å²) in [6.07, 6.45) is 2.71. The molecule has 2 unspecified atom stereocenters. The Morgan fingerprint density at radius 3 is 2.26 bits per heavy atom. The van der Waals surface area contributed by atoms with E-state index in [1.54, 1.807) is 11.0 Å². The highest BCUT2D eigenvalue weighted by Gasteiger charge is 2.31. The molecule has 2 amide bonds. The van der Waals surface area contributed by atoms with Crippen LogP contribution in [0.5, 0.6) is 0 Å². The van der Waals surface area contributed by atoms with E-state index in [0.717, 1.165) is 33.1 Å². The van der Waals surface area contributed by atoms with Gasteiger partial charge in [0.2, 0.25) is 21.8 Å². The molecular weight excluding hydrogens is 614 g/mol. The lowest BCUT2D eigenvalue weighted by molar-refractivity contribution is -0.141. The third kappa shape index (κ3) is 9.42. The van der Waals surface area contributed by atoms with Crippen molar-refractivity contribution in [1.82, 2.24) is 10.2 Å². The van der Waals surface area contributed by atoms with Crippen molar-refractivity contribution >= 4 is 43.5 Å². The highest BCUT2D eigenvalue weighted by Crippen LogP contribution is 2.26. The number of aryl methyl sites for hydroxylation is 1. The van der Waals surface area contributed by atoms with E-state index in [1.807, 2.05) is 94.4 Å². The first kappa shape index (κ1) is 33.3. The quantitative estimate of drug-likeness (QED) is 0.225. The second kappa shape index (κ2) is 15.3. The van der Waals surface area contributed by atoms with Gasteiger partial charge in [-0.15, -0.1) is 0 Å². The van der Waals surface area contributed by atoms with Gasteiger partial charge in [0.1, 0.15) is 6.04 Å². The van der Waals surface area contributed by atoms with Crippen molar-refractivity contribution < 1.29 is 18.0 Å². The van der Waals surface area contributed by atoms with E-state index in [9.17, 15) is 18.0 Å². The number of carbonyl (C=O) groups excluding carboxylic acids is 2. The van der Waals surface area contributed by atoms with Gasteiger partial charge in [-0.2, -0.15) is 0 Å². The van der Waals surface area contributed by atoms with Crippen LogP contribution in [0.25, 0.3) is 0 Å². The topological polar surface area (TPSA) is 86.8 Å². The van der Waals surface area contributed by atoms with Crippen molar-refractivity contribution in [3.8, 4) is 0 Å². The third-order valence-corrected chi connectivity index (χ3v) is 9.18. The number of sulfonamides is 1. The SMILES string of the molecule is CCC(C)NC(=O)C(Cc1ccccc1)N(Cc1cccc(Br)c1)C(=O)CCCN(c1cccc(C)c1C)S(C)(=O)=O. The van der Waals surface area contributed by atoms with Crippen LogP contribution in [-0.2, 0) is 32.6 Å². The molecule has 42 heavy (non-hydrogen) atoms. The lowest BCUT2D eigenvalue weighted by Gasteiger charge is -2.33. The summed E-state index contributed by atoms with van der Waals surface area (Å²) in [4.78, 5) is 29.3. The Labute approximate surface area is 259 Å². The minimum absolute atomic E-state index is 0.0421. The number of anilines is 1. The number of nitrogens with zero attached hydrogens (tertiary/aromatic N) is 2. The monoisotopic (exact) mass is 655 g/mol. The Kier molecular flexibility index (Phi) is 12.2. The molecule has 0 bridgehead atoms. The average Bonchev–Trinajstić information content (AvgIpc) is 2.94. The highest BCUT2D eigenvalue weighted by molar-refractivity contribution is 9.10. The van der Waals surface area contributed by atoms with E-state index in [0.29, 0.717) is 18.5 Å². The van der Waals surface area contributed by atoms with E-state index in [4.69, 9.17) is 0 Å². The largest absolute Gasteiger partial charge is 0.352 e. The molecule has 3 rings (SSSR count). The van der Waals surface area contributed by atoms with Crippen LogP contribution in [0.4, 0.5) is 5.69 Å². The Bertz CT molecular complexity index is 1460. The molecule has 0 spiro atoms. The van der Waals surface area contributed by atoms with Gasteiger partial charge in [-0.25, -0.2) is 8.42 Å². The molecule has 9 heteroatoms. The van der Waals surface area contributed by atoms with Crippen molar-refractivity contribution in [3.05, 3.63) is 99.5 Å². The zero-order valence-electron chi connectivity index (χ0n) is 25.1. The Hall–Kier alpha value is -3.17. The van der Waals surface area contributed by atoms with E-state index >= 15 is 0 Å². The fourth-order valence-corrected chi connectivity index (χ4v) is 6.28. The first-order valence-electron chi connectivity index (χ1n) is 14.3. The van der Waals surface area contributed by atoms with E-state index < -0.39 is 16.1 Å². The van der Waals surface area contributed by atoms with E-state index in [-0.39, 0.29) is 37.4 Å². The molecule has 7 nitrogen and oxygen atoms in total. The van der Waals surface area contributed by atoms with Crippen LogP contribution in [0.2, 0.25) is 0 Å². The van der Waals surface area contributed by atoms with Crippen LogP contribution in [0.3, 0.4) is 0 Å². The molecule has 0 heterocycles. The normalized spacial score (nSPS) is 12.8. The Morgan fingerprint density at radius 2 is 1.62 bits per heavy atom. The lowest BCUT2D eigenvalue weighted by Crippen LogP contribution is -2.52. The summed E-state index contributed by atoms with van der Waals surface area (Å²) in [5.74, 6) is -0.408. The van der Waals surface area contributed by atoms with Crippen molar-refractivity contribution in [3.63, 3.8) is 0 Å². The van der Waals surface area contributed by atoms with Gasteiger partial charge in [0, 0.05) is 36.4 Å². The van der Waals surface area contributed by atoms with Gasteiger partial charge >= 0.3 is 0 Å². The van der Waals surface area contributed by atoms with Gasteiger partial charge in [-0.05, 0) is 74.1 Å². The fourth-order valence-electron chi connectivity index (χ4n) is 4.82. The van der Waals surface area contributed by atoms with Gasteiger partial charge in [0.05, 0.1) is 11.9 Å². The van der Waals surface area contributed by atoms with Crippen molar-refractivity contribution in [2.45, 2.75) is 72.0 Å². The molecule has 1 N–H and O–H groups in total. The predicted molar refractivity (Wildman–Crippen MR) is 174 cm³/mol. The smallest absolute Gasteiger partial charge is 0.243 e. The second-order valence-electron chi connectivity index (χ2n) is 10.8. The van der Waals surface area contributed by atoms with Gasteiger partial charge in [0.15, 0.2) is 0 Å². The predicted octanol–water partition coefficient (Wildman–Crippen LogP) is 6.17. The van der Waals surface area contributed by atoms with Gasteiger partial charge in [0.25, 0.3) is 0 Å². The molecule has 226 valence electrons. The van der Waals surface area contributed by atoms with Crippen LogP contribution in [-0.4, -0.2) is 50.0 Å². The molecule has 0 aliphatic heterocycles. The summed E-state index contributed by atoms with van der Waals surface area (Å²) in [6, 6.07) is 22.2. The van der Waals surface area contributed by atoms with Gasteiger partial charge in [-0.3, -0.25) is 13.9 Å². The first-order valence-corrected chi connectivity index (χ1v) is 17.0. The van der Waals surface area contributed by atoms with Crippen molar-refractivity contribution in [1.29, 1.82) is 0 Å². The molecule has 2 atom stereocenters. The third-order valence-electron chi connectivity index (χ3n) is 7.51. The minimum atomic E-state index is -3.58. The summed E-state index contributed by atoms with van der Waals surface area (Å²) in [7, 11) is -3.58. The molecule has 3 aromatic rings. The summed E-state index contributed by atoms with van der Waals surface area (Å²) in [6.45, 7) is 8.20. The molecular formula is C33H42BrN3O4S. The molecule has 0 saturated heterocycles. The average molecular weight is 657 g/mol. The summed E-state index contributed by atoms with van der Waals surface area (Å²) in [5.41, 5.74) is 4.33. The zero-order chi connectivity index (χ0) is 30.9. The molecule has 0 saturated carbocycles. The number of amides is 2. The molecule has 3 aromatic carbocycles. The standard InChI is InChI=1S/C33H42BrN3O4S/c1-6-25(3)35-33(39)31(22-27-14-8-7-9-15-27)36(23-28-16-11-17-29(34)21-28)32(38)19-12-20-37(42(5,40)41)30-18-10-13-24(2)26(30)4/h7-11,13-18,21,25,31H,6,12,19-20,22-23H2,1-5H3,(H,35,39). The molecule has 0 radical (unpaired) electrons. The molecule has 0 aliphatic rings. The number of benzene rings is 3. The molecule has 0 aliphatic carbocycles. The summed E-state index contributed by atoms with van der Waals surface area (Å²) < 4.78 is 27.8. The van der Waals surface area contributed by atoms with E-state index in [1.165, 1.54) is 10.6 Å². The maximum atomic E-state index is 14.0. The number of rotatable bonds is 14.